The summed E-state index contributed by atoms with van der Waals surface area (Å²) in [6.45, 7) is 3.96. The summed E-state index contributed by atoms with van der Waals surface area (Å²) in [5.74, 6) is 5.49. The van der Waals surface area contributed by atoms with Gasteiger partial charge in [-0.25, -0.2) is 4.39 Å². The van der Waals surface area contributed by atoms with Crippen molar-refractivity contribution < 1.29 is 9.50 Å². The highest BCUT2D eigenvalue weighted by Crippen LogP contribution is 2.31. The van der Waals surface area contributed by atoms with E-state index >= 15 is 0 Å². The van der Waals surface area contributed by atoms with Gasteiger partial charge in [-0.15, -0.1) is 9.24 Å². The summed E-state index contributed by atoms with van der Waals surface area (Å²) >= 11 is 13.5. The molecule has 0 aliphatic carbocycles. The van der Waals surface area contributed by atoms with Gasteiger partial charge in [-0.2, -0.15) is 0 Å². The minimum Gasteiger partial charge on any atom is -0.392 e. The summed E-state index contributed by atoms with van der Waals surface area (Å²) in [5, 5.41) is 16.9. The molecule has 0 aromatic heterocycles. The first kappa shape index (κ1) is 26.8. The summed E-state index contributed by atoms with van der Waals surface area (Å²) < 4.78 is 17.7. The van der Waals surface area contributed by atoms with Crippen molar-refractivity contribution in [1.29, 1.82) is 0 Å². The Morgan fingerprint density at radius 1 is 1.34 bits per heavy atom. The van der Waals surface area contributed by atoms with E-state index in [1.807, 2.05) is 6.92 Å². The second-order valence-corrected chi connectivity index (χ2v) is 9.11. The van der Waals surface area contributed by atoms with Gasteiger partial charge in [0.1, 0.15) is 12.1 Å². The Morgan fingerprint density at radius 3 is 2.78 bits per heavy atom. The number of nitrogens with two attached hydrogens (primary N) is 1. The zero-order valence-corrected chi connectivity index (χ0v) is 21.2. The SMILES string of the molecule is CC/C(C#Cc1c(F)ccc(NSc2cc(Cl)ccc2Cl)c1P)=C\NC(N)NCC(C)O. The fourth-order valence-corrected chi connectivity index (χ4v) is 4.09. The molecule has 0 radical (unpaired) electrons. The molecular formula is C22H26Cl2FN4OPS. The highest BCUT2D eigenvalue weighted by atomic mass is 35.5. The van der Waals surface area contributed by atoms with Crippen LogP contribution in [-0.4, -0.2) is 24.0 Å². The zero-order chi connectivity index (χ0) is 23.7. The summed E-state index contributed by atoms with van der Waals surface area (Å²) in [6, 6.07) is 8.18. The summed E-state index contributed by atoms with van der Waals surface area (Å²) in [4.78, 5) is 0.753. The van der Waals surface area contributed by atoms with Crippen LogP contribution in [0.15, 0.2) is 47.0 Å². The van der Waals surface area contributed by atoms with E-state index in [4.69, 9.17) is 28.9 Å². The van der Waals surface area contributed by atoms with Crippen molar-refractivity contribution in [3.05, 3.63) is 63.5 Å². The Kier molecular flexibility index (Phi) is 11.1. The van der Waals surface area contributed by atoms with Gasteiger partial charge < -0.3 is 15.1 Å². The first-order valence-electron chi connectivity index (χ1n) is 9.81. The molecule has 0 saturated carbocycles. The molecule has 3 atom stereocenters. The van der Waals surface area contributed by atoms with Crippen LogP contribution in [0.3, 0.4) is 0 Å². The molecule has 2 aromatic carbocycles. The lowest BCUT2D eigenvalue weighted by Gasteiger charge is -2.15. The van der Waals surface area contributed by atoms with E-state index in [0.717, 1.165) is 10.5 Å². The Bertz CT molecular complexity index is 1030. The number of nitrogens with one attached hydrogen (secondary N) is 3. The number of aliphatic hydroxyl groups is 1. The van der Waals surface area contributed by atoms with E-state index in [-0.39, 0.29) is 5.56 Å². The number of anilines is 1. The second-order valence-electron chi connectivity index (χ2n) is 6.84. The maximum absolute atomic E-state index is 14.5. The van der Waals surface area contributed by atoms with Gasteiger partial charge in [0.25, 0.3) is 0 Å². The average molecular weight is 515 g/mol. The second kappa shape index (κ2) is 13.3. The van der Waals surface area contributed by atoms with Crippen LogP contribution in [0, 0.1) is 17.7 Å². The quantitative estimate of drug-likeness (QED) is 0.149. The number of hydrogen-bond donors (Lipinski definition) is 5. The van der Waals surface area contributed by atoms with Crippen molar-refractivity contribution in [2.45, 2.75) is 37.6 Å². The van der Waals surface area contributed by atoms with Crippen molar-refractivity contribution in [3.63, 3.8) is 0 Å². The van der Waals surface area contributed by atoms with E-state index in [1.54, 1.807) is 37.4 Å². The van der Waals surface area contributed by atoms with Crippen molar-refractivity contribution in [2.24, 2.45) is 5.73 Å². The third-order valence-electron chi connectivity index (χ3n) is 4.16. The number of halogens is 3. The molecule has 3 unspecified atom stereocenters. The van der Waals surface area contributed by atoms with Crippen LogP contribution < -0.4 is 26.4 Å². The molecule has 2 rings (SSSR count). The number of allylic oxidation sites excluding steroid dienone is 1. The third-order valence-corrected chi connectivity index (χ3v) is 6.31. The minimum atomic E-state index is -0.537. The highest BCUT2D eigenvalue weighted by Gasteiger charge is 2.10. The van der Waals surface area contributed by atoms with E-state index in [9.17, 15) is 9.50 Å². The van der Waals surface area contributed by atoms with Gasteiger partial charge in [-0.1, -0.05) is 42.0 Å². The topological polar surface area (TPSA) is 82.3 Å². The molecule has 5 nitrogen and oxygen atoms in total. The molecule has 6 N–H and O–H groups in total. The van der Waals surface area contributed by atoms with Crippen LogP contribution in [-0.2, 0) is 0 Å². The van der Waals surface area contributed by atoms with Crippen molar-refractivity contribution in [3.8, 4) is 11.8 Å². The van der Waals surface area contributed by atoms with E-state index in [0.29, 0.717) is 34.0 Å². The first-order valence-corrected chi connectivity index (χ1v) is 12.0. The Balaban J connectivity index is 2.15. The third kappa shape index (κ3) is 8.46. The Labute approximate surface area is 205 Å². The molecule has 0 fully saturated rings. The maximum atomic E-state index is 14.5. The highest BCUT2D eigenvalue weighted by molar-refractivity contribution is 8.00. The van der Waals surface area contributed by atoms with Gasteiger partial charge in [0, 0.05) is 33.5 Å². The predicted octanol–water partition coefficient (Wildman–Crippen LogP) is 4.20. The molecule has 0 aliphatic heterocycles. The zero-order valence-electron chi connectivity index (χ0n) is 17.7. The average Bonchev–Trinajstić information content (AvgIpc) is 2.75. The summed E-state index contributed by atoms with van der Waals surface area (Å²) in [7, 11) is 2.53. The van der Waals surface area contributed by atoms with Gasteiger partial charge in [0.05, 0.1) is 22.4 Å². The molecule has 10 heteroatoms. The van der Waals surface area contributed by atoms with Gasteiger partial charge in [-0.05, 0) is 55.6 Å². The lowest BCUT2D eigenvalue weighted by atomic mass is 10.1. The van der Waals surface area contributed by atoms with Crippen LogP contribution in [0.1, 0.15) is 25.8 Å². The minimum absolute atomic E-state index is 0.272. The van der Waals surface area contributed by atoms with Crippen molar-refractivity contribution in [1.82, 2.24) is 10.6 Å². The number of benzene rings is 2. The fraction of sp³-hybridized carbons (Fsp3) is 0.273. The monoisotopic (exact) mass is 514 g/mol. The standard InChI is InChI=1S/C22H26Cl2FN4OPS/c1-3-14(12-28-22(26)27-11-13(2)30)4-6-16-18(25)8-9-19(21(16)31)29-32-20-10-15(23)5-7-17(20)24/h5,7-10,12-13,22,27-30H,3,11,26,31H2,1-2H3/b14-12+. The van der Waals surface area contributed by atoms with Gasteiger partial charge in [-0.3, -0.25) is 11.1 Å². The first-order chi connectivity index (χ1) is 15.2. The molecular weight excluding hydrogens is 489 g/mol. The summed E-state index contributed by atoms with van der Waals surface area (Å²) in [5.41, 5.74) is 7.59. The molecule has 0 aliphatic rings. The van der Waals surface area contributed by atoms with E-state index in [2.05, 4.69) is 36.4 Å². The van der Waals surface area contributed by atoms with Gasteiger partial charge in [0.2, 0.25) is 0 Å². The molecule has 0 amide bonds. The Hall–Kier alpha value is -1.49. The number of hydrogen-bond acceptors (Lipinski definition) is 6. The lowest BCUT2D eigenvalue weighted by Crippen LogP contribution is -2.49. The molecule has 0 heterocycles. The molecule has 0 spiro atoms. The largest absolute Gasteiger partial charge is 0.392 e. The van der Waals surface area contributed by atoms with Crippen molar-refractivity contribution >= 4 is 55.4 Å². The Morgan fingerprint density at radius 2 is 2.09 bits per heavy atom. The molecule has 32 heavy (non-hydrogen) atoms. The van der Waals surface area contributed by atoms with Crippen LogP contribution in [0.4, 0.5) is 10.1 Å². The normalized spacial score (nSPS) is 13.2. The predicted molar refractivity (Wildman–Crippen MR) is 138 cm³/mol. The van der Waals surface area contributed by atoms with E-state index in [1.165, 1.54) is 18.0 Å². The van der Waals surface area contributed by atoms with Crippen LogP contribution in [0.2, 0.25) is 10.0 Å². The number of aliphatic hydroxyl groups excluding tert-OH is 1. The van der Waals surface area contributed by atoms with Crippen LogP contribution in [0.25, 0.3) is 0 Å². The smallest absolute Gasteiger partial charge is 0.139 e. The van der Waals surface area contributed by atoms with Crippen molar-refractivity contribution in [2.75, 3.05) is 11.3 Å². The molecule has 172 valence electrons. The number of rotatable bonds is 9. The molecule has 0 saturated heterocycles. The summed E-state index contributed by atoms with van der Waals surface area (Å²) in [6.07, 6.45) is 1.28. The van der Waals surface area contributed by atoms with Gasteiger partial charge >= 0.3 is 0 Å². The molecule has 2 aromatic rings. The van der Waals surface area contributed by atoms with Crippen LogP contribution >= 0.6 is 44.4 Å². The van der Waals surface area contributed by atoms with E-state index < -0.39 is 18.2 Å². The molecule has 0 bridgehead atoms. The van der Waals surface area contributed by atoms with Gasteiger partial charge in [0.15, 0.2) is 0 Å². The maximum Gasteiger partial charge on any atom is 0.139 e. The fourth-order valence-electron chi connectivity index (χ4n) is 2.39. The lowest BCUT2D eigenvalue weighted by molar-refractivity contribution is 0.184. The van der Waals surface area contributed by atoms with Crippen LogP contribution in [0.5, 0.6) is 0 Å².